The molecule has 12 heteroatoms. The van der Waals surface area contributed by atoms with Crippen LogP contribution >= 0.6 is 0 Å². The monoisotopic (exact) mass is 885 g/mol. The summed E-state index contributed by atoms with van der Waals surface area (Å²) in [6.07, 6.45) is 6.45. The number of nitrogens with zero attached hydrogens (tertiary/aromatic N) is 7. The van der Waals surface area contributed by atoms with Gasteiger partial charge in [0.05, 0.1) is 17.6 Å². The number of phenols is 1. The first kappa shape index (κ1) is 42.1. The van der Waals surface area contributed by atoms with E-state index in [4.69, 9.17) is 24.5 Å². The lowest BCUT2D eigenvalue weighted by atomic mass is 9.77. The predicted octanol–water partition coefficient (Wildman–Crippen LogP) is 10.2. The molecule has 3 atom stereocenters. The van der Waals surface area contributed by atoms with Gasteiger partial charge in [-0.05, 0) is 113 Å². The fourth-order valence-corrected chi connectivity index (χ4v) is 11.0. The molecule has 0 unspecified atom stereocenters. The summed E-state index contributed by atoms with van der Waals surface area (Å²) in [7, 11) is 2.11. The highest BCUT2D eigenvalue weighted by molar-refractivity contribution is 6.06. The zero-order valence-electron chi connectivity index (χ0n) is 38.2. The van der Waals surface area contributed by atoms with Gasteiger partial charge in [-0.15, -0.1) is 0 Å². The van der Waals surface area contributed by atoms with Crippen molar-refractivity contribution in [1.29, 1.82) is 0 Å². The van der Waals surface area contributed by atoms with Crippen LogP contribution in [-0.4, -0.2) is 97.8 Å². The highest BCUT2D eigenvalue weighted by Crippen LogP contribution is 2.54. The molecular formula is C54H56FN7O4. The highest BCUT2D eigenvalue weighted by atomic mass is 19.1. The number of likely N-dealkylation sites (tertiary alicyclic amines) is 2. The predicted molar refractivity (Wildman–Crippen MR) is 255 cm³/mol. The van der Waals surface area contributed by atoms with Crippen molar-refractivity contribution in [3.63, 3.8) is 0 Å². The molecule has 4 aliphatic rings. The Hall–Kier alpha value is -6.53. The Morgan fingerprint density at radius 2 is 1.48 bits per heavy atom. The number of likely N-dealkylation sites (N-methyl/N-ethyl adjacent to an activating group) is 1. The lowest BCUT2D eigenvalue weighted by molar-refractivity contribution is 0.0214. The summed E-state index contributed by atoms with van der Waals surface area (Å²) in [6, 6.07) is 34.9. The number of fused-ring (bicyclic) bond motifs is 4. The maximum atomic E-state index is 16.7. The Morgan fingerprint density at radius 1 is 0.833 bits per heavy atom. The molecule has 1 N–H and O–H groups in total. The molecule has 4 fully saturated rings. The quantitative estimate of drug-likeness (QED) is 0.134. The lowest BCUT2D eigenvalue weighted by Gasteiger charge is -2.36. The number of ether oxygens (including phenoxy) is 2. The molecule has 3 saturated heterocycles. The molecule has 5 heterocycles. The number of phenolic OH excluding ortho intramolecular Hbond substituents is 1. The van der Waals surface area contributed by atoms with Crippen LogP contribution in [0.2, 0.25) is 0 Å². The van der Waals surface area contributed by atoms with Gasteiger partial charge in [-0.2, -0.15) is 15.1 Å². The second kappa shape index (κ2) is 16.1. The van der Waals surface area contributed by atoms with Crippen LogP contribution in [-0.2, 0) is 10.3 Å². The number of benzene rings is 5. The normalized spacial score (nSPS) is 19.9. The number of carbonyl (C=O) groups excluding carboxylic acids is 1. The molecule has 1 saturated carbocycles. The molecule has 0 spiro atoms. The summed E-state index contributed by atoms with van der Waals surface area (Å²) < 4.78 is 31.0. The van der Waals surface area contributed by atoms with Crippen molar-refractivity contribution in [1.82, 2.24) is 29.5 Å². The molecule has 2 aromatic heterocycles. The molecule has 1 aliphatic carbocycles. The minimum absolute atomic E-state index is 0.0179. The van der Waals surface area contributed by atoms with Crippen LogP contribution in [0.3, 0.4) is 0 Å². The van der Waals surface area contributed by atoms with Crippen molar-refractivity contribution in [3.05, 3.63) is 143 Å². The topological polar surface area (TPSA) is 109 Å². The SMILES string of the molecule is Cc1c(F)cc2nn(C(c3ccccc3)(c3ccccc3)c3ccccc3)cc2c1-c1c(C2CC2)cc2c(N3C[C@@H]4C[C@H]3CN4C(=O)OC(C)(C)C)nc(OC[C@H]3CCCN3C)nc2c1O. The van der Waals surface area contributed by atoms with Gasteiger partial charge in [-0.25, -0.2) is 9.18 Å². The van der Waals surface area contributed by atoms with Crippen LogP contribution in [0, 0.1) is 12.7 Å². The van der Waals surface area contributed by atoms with Crippen molar-refractivity contribution in [3.8, 4) is 22.9 Å². The average molecular weight is 886 g/mol. The third-order valence-corrected chi connectivity index (χ3v) is 14.4. The van der Waals surface area contributed by atoms with Crippen LogP contribution in [0.15, 0.2) is 109 Å². The van der Waals surface area contributed by atoms with Crippen LogP contribution in [0.25, 0.3) is 32.9 Å². The van der Waals surface area contributed by atoms with E-state index in [1.54, 1.807) is 6.92 Å². The maximum Gasteiger partial charge on any atom is 0.410 e. The average Bonchev–Trinajstić information content (AvgIpc) is 3.55. The van der Waals surface area contributed by atoms with Crippen molar-refractivity contribution in [2.45, 2.75) is 95.0 Å². The minimum atomic E-state index is -0.939. The summed E-state index contributed by atoms with van der Waals surface area (Å²) in [5.74, 6) is 0.356. The van der Waals surface area contributed by atoms with E-state index < -0.39 is 17.0 Å². The molecular weight excluding hydrogens is 830 g/mol. The Labute approximate surface area is 384 Å². The van der Waals surface area contributed by atoms with E-state index in [0.29, 0.717) is 64.0 Å². The van der Waals surface area contributed by atoms with E-state index >= 15 is 4.39 Å². The van der Waals surface area contributed by atoms with Gasteiger partial charge < -0.3 is 29.3 Å². The molecule has 338 valence electrons. The van der Waals surface area contributed by atoms with Crippen LogP contribution in [0.4, 0.5) is 15.0 Å². The third-order valence-electron chi connectivity index (χ3n) is 14.4. The second-order valence-electron chi connectivity index (χ2n) is 19.8. The lowest BCUT2D eigenvalue weighted by Crippen LogP contribution is -2.50. The van der Waals surface area contributed by atoms with Gasteiger partial charge in [0.25, 0.3) is 0 Å². The van der Waals surface area contributed by atoms with E-state index in [1.165, 1.54) is 6.07 Å². The number of anilines is 1. The number of halogens is 1. The zero-order valence-corrected chi connectivity index (χ0v) is 38.2. The summed E-state index contributed by atoms with van der Waals surface area (Å²) >= 11 is 0. The van der Waals surface area contributed by atoms with E-state index in [0.717, 1.165) is 60.9 Å². The number of hydrogen-bond acceptors (Lipinski definition) is 9. The standard InChI is InChI=1S/C54H56FN7O4/c1-33-44(55)28-45-43(31-62(58-45)54(35-16-9-6-10-17-35,36-18-11-7-12-19-36)37-20-13-8-14-21-37)46(33)47-41(34-23-24-34)27-42-48(49(47)63)56-51(65-32-38-22-15-25-59(38)5)57-50(42)60-29-40-26-39(60)30-61(40)52(64)66-53(2,3)4/h6-14,16-21,27-28,31,34,38-40,63H,15,22-26,29-30,32H2,1-5H3/t38-,39+,40+/m1/s1. The molecule has 66 heavy (non-hydrogen) atoms. The van der Waals surface area contributed by atoms with Gasteiger partial charge in [0.2, 0.25) is 0 Å². The number of rotatable bonds is 10. The smallest absolute Gasteiger partial charge is 0.410 e. The number of piperazine rings is 1. The van der Waals surface area contributed by atoms with Crippen LogP contribution in [0.1, 0.15) is 86.6 Å². The molecule has 11 nitrogen and oxygen atoms in total. The summed E-state index contributed by atoms with van der Waals surface area (Å²) in [4.78, 5) is 29.9. The first-order valence-electron chi connectivity index (χ1n) is 23.4. The number of aromatic hydroxyl groups is 1. The van der Waals surface area contributed by atoms with E-state index in [9.17, 15) is 9.90 Å². The van der Waals surface area contributed by atoms with Gasteiger partial charge >= 0.3 is 12.1 Å². The second-order valence-corrected chi connectivity index (χ2v) is 19.8. The number of aromatic nitrogens is 4. The minimum Gasteiger partial charge on any atom is -0.505 e. The molecule has 5 aromatic carbocycles. The van der Waals surface area contributed by atoms with E-state index in [-0.39, 0.29) is 41.9 Å². The van der Waals surface area contributed by atoms with Gasteiger partial charge in [0.15, 0.2) is 0 Å². The Morgan fingerprint density at radius 3 is 2.05 bits per heavy atom. The van der Waals surface area contributed by atoms with Crippen molar-refractivity contribution in [2.24, 2.45) is 0 Å². The molecule has 0 radical (unpaired) electrons. The first-order chi connectivity index (χ1) is 31.9. The van der Waals surface area contributed by atoms with E-state index in [1.807, 2.05) is 91.1 Å². The molecule has 7 aromatic rings. The van der Waals surface area contributed by atoms with Crippen LogP contribution in [0.5, 0.6) is 11.8 Å². The fraction of sp³-hybridized carbons (Fsp3) is 0.370. The molecule has 2 bridgehead atoms. The van der Waals surface area contributed by atoms with E-state index in [2.05, 4.69) is 59.3 Å². The molecule has 11 rings (SSSR count). The van der Waals surface area contributed by atoms with Gasteiger partial charge in [-0.3, -0.25) is 4.68 Å². The van der Waals surface area contributed by atoms with Gasteiger partial charge in [-0.1, -0.05) is 91.0 Å². The Kier molecular flexibility index (Phi) is 10.3. The number of hydrogen-bond donors (Lipinski definition) is 1. The van der Waals surface area contributed by atoms with Gasteiger partial charge in [0, 0.05) is 53.3 Å². The Bertz CT molecular complexity index is 2870. The molecule has 3 aliphatic heterocycles. The van der Waals surface area contributed by atoms with Crippen molar-refractivity contribution < 1.29 is 23.8 Å². The third kappa shape index (κ3) is 7.12. The highest BCUT2D eigenvalue weighted by Gasteiger charge is 2.48. The largest absolute Gasteiger partial charge is 0.505 e. The van der Waals surface area contributed by atoms with Crippen LogP contribution < -0.4 is 9.64 Å². The van der Waals surface area contributed by atoms with Crippen molar-refractivity contribution >= 4 is 33.7 Å². The summed E-state index contributed by atoms with van der Waals surface area (Å²) in [5.41, 5.74) is 4.73. The van der Waals surface area contributed by atoms with Gasteiger partial charge in [0.1, 0.15) is 40.6 Å². The number of amides is 1. The zero-order chi connectivity index (χ0) is 45.5. The Balaban J connectivity index is 1.11. The maximum absolute atomic E-state index is 16.7. The first-order valence-corrected chi connectivity index (χ1v) is 23.4. The summed E-state index contributed by atoms with van der Waals surface area (Å²) in [6.45, 7) is 9.90. The summed E-state index contributed by atoms with van der Waals surface area (Å²) in [5, 5.41) is 19.7. The molecule has 1 amide bonds. The fourth-order valence-electron chi connectivity index (χ4n) is 11.0. The van der Waals surface area contributed by atoms with Crippen molar-refractivity contribution in [2.75, 3.05) is 38.2 Å². The number of carbonyl (C=O) groups is 1.